The smallest absolute Gasteiger partial charge is 0.250 e. The molecule has 1 aliphatic carbocycles. The number of anilines is 1. The zero-order chi connectivity index (χ0) is 19.3. The predicted molar refractivity (Wildman–Crippen MR) is 105 cm³/mol. The van der Waals surface area contributed by atoms with Crippen LogP contribution in [0.5, 0.6) is 0 Å². The first-order valence-electron chi connectivity index (χ1n) is 9.97. The molecule has 1 heterocycles. The Bertz CT molecular complexity index is 727. The Hall–Kier alpha value is -1.44. The molecule has 0 bridgehead atoms. The van der Waals surface area contributed by atoms with Crippen LogP contribution in [0.2, 0.25) is 0 Å². The molecule has 150 valence electrons. The topological polar surface area (TPSA) is 75.7 Å². The summed E-state index contributed by atoms with van der Waals surface area (Å²) in [7, 11) is -3.47. The van der Waals surface area contributed by atoms with E-state index in [1.54, 1.807) is 28.6 Å². The van der Waals surface area contributed by atoms with Crippen LogP contribution in [0.3, 0.4) is 0 Å². The SMILES string of the molecule is C[C@H]1CCCN(S(=O)(=O)c2ccc(NC(=O)COC3CCCCC3)cc2)C1. The number of amides is 1. The van der Waals surface area contributed by atoms with Crippen molar-refractivity contribution in [1.82, 2.24) is 4.31 Å². The largest absolute Gasteiger partial charge is 0.368 e. The molecule has 2 fully saturated rings. The van der Waals surface area contributed by atoms with E-state index < -0.39 is 10.0 Å². The van der Waals surface area contributed by atoms with Gasteiger partial charge < -0.3 is 10.1 Å². The molecule has 1 N–H and O–H groups in total. The summed E-state index contributed by atoms with van der Waals surface area (Å²) in [5.41, 5.74) is 0.582. The third-order valence-electron chi connectivity index (χ3n) is 5.40. The van der Waals surface area contributed by atoms with Crippen molar-refractivity contribution in [2.75, 3.05) is 25.0 Å². The van der Waals surface area contributed by atoms with E-state index in [0.717, 1.165) is 38.5 Å². The number of rotatable bonds is 6. The number of piperidine rings is 1. The zero-order valence-electron chi connectivity index (χ0n) is 16.0. The monoisotopic (exact) mass is 394 g/mol. The van der Waals surface area contributed by atoms with Crippen LogP contribution >= 0.6 is 0 Å². The van der Waals surface area contributed by atoms with Crippen molar-refractivity contribution in [3.63, 3.8) is 0 Å². The third-order valence-corrected chi connectivity index (χ3v) is 7.28. The minimum absolute atomic E-state index is 0.0381. The molecular formula is C20H30N2O4S. The highest BCUT2D eigenvalue weighted by Gasteiger charge is 2.28. The minimum Gasteiger partial charge on any atom is -0.368 e. The van der Waals surface area contributed by atoms with Gasteiger partial charge in [-0.05, 0) is 55.9 Å². The highest BCUT2D eigenvalue weighted by Crippen LogP contribution is 2.24. The standard InChI is InChI=1S/C20H30N2O4S/c1-16-6-5-13-22(14-16)27(24,25)19-11-9-17(10-12-19)21-20(23)15-26-18-7-3-2-4-8-18/h9-12,16,18H,2-8,13-15H2,1H3,(H,21,23)/t16-/m0/s1. The van der Waals surface area contributed by atoms with Gasteiger partial charge in [0.25, 0.3) is 0 Å². The summed E-state index contributed by atoms with van der Waals surface area (Å²) in [6.07, 6.45) is 7.77. The summed E-state index contributed by atoms with van der Waals surface area (Å²) < 4.78 is 32.8. The van der Waals surface area contributed by atoms with Gasteiger partial charge in [-0.15, -0.1) is 0 Å². The van der Waals surface area contributed by atoms with E-state index in [1.165, 1.54) is 6.42 Å². The number of hydrogen-bond donors (Lipinski definition) is 1. The maximum atomic E-state index is 12.8. The van der Waals surface area contributed by atoms with E-state index in [2.05, 4.69) is 12.2 Å². The van der Waals surface area contributed by atoms with Crippen LogP contribution < -0.4 is 5.32 Å². The van der Waals surface area contributed by atoms with Gasteiger partial charge in [-0.1, -0.05) is 26.2 Å². The molecule has 1 amide bonds. The van der Waals surface area contributed by atoms with E-state index in [1.807, 2.05) is 0 Å². The molecule has 1 saturated heterocycles. The van der Waals surface area contributed by atoms with Crippen LogP contribution in [0, 0.1) is 5.92 Å². The molecule has 0 radical (unpaired) electrons. The summed E-state index contributed by atoms with van der Waals surface area (Å²) in [6.45, 7) is 3.26. The molecule has 6 nitrogen and oxygen atoms in total. The Kier molecular flexibility index (Phi) is 6.89. The number of hydrogen-bond acceptors (Lipinski definition) is 4. The summed E-state index contributed by atoms with van der Waals surface area (Å²) in [5.74, 6) is 0.178. The fraction of sp³-hybridized carbons (Fsp3) is 0.650. The molecule has 27 heavy (non-hydrogen) atoms. The van der Waals surface area contributed by atoms with Gasteiger partial charge in [0, 0.05) is 18.8 Å². The van der Waals surface area contributed by atoms with Gasteiger partial charge in [-0.3, -0.25) is 4.79 Å². The molecule has 3 rings (SSSR count). The second-order valence-corrected chi connectivity index (χ2v) is 9.69. The molecule has 7 heteroatoms. The normalized spacial score (nSPS) is 22.5. The maximum Gasteiger partial charge on any atom is 0.250 e. The van der Waals surface area contributed by atoms with Crippen molar-refractivity contribution in [2.45, 2.75) is 62.9 Å². The fourth-order valence-corrected chi connectivity index (χ4v) is 5.44. The quantitative estimate of drug-likeness (QED) is 0.802. The van der Waals surface area contributed by atoms with Crippen molar-refractivity contribution in [3.05, 3.63) is 24.3 Å². The average molecular weight is 395 g/mol. The zero-order valence-corrected chi connectivity index (χ0v) is 16.8. The van der Waals surface area contributed by atoms with Crippen molar-refractivity contribution in [1.29, 1.82) is 0 Å². The van der Waals surface area contributed by atoms with Crippen LogP contribution in [0.1, 0.15) is 51.9 Å². The van der Waals surface area contributed by atoms with Crippen molar-refractivity contribution in [2.24, 2.45) is 5.92 Å². The molecule has 2 aliphatic rings. The summed E-state index contributed by atoms with van der Waals surface area (Å²) >= 11 is 0. The number of nitrogens with one attached hydrogen (secondary N) is 1. The molecule has 1 aliphatic heterocycles. The van der Waals surface area contributed by atoms with Crippen LogP contribution in [0.4, 0.5) is 5.69 Å². The van der Waals surface area contributed by atoms with Crippen LogP contribution in [0.15, 0.2) is 29.2 Å². The number of benzene rings is 1. The van der Waals surface area contributed by atoms with Crippen LogP contribution in [-0.4, -0.2) is 44.4 Å². The molecule has 0 unspecified atom stereocenters. The lowest BCUT2D eigenvalue weighted by molar-refractivity contribution is -0.123. The molecule has 1 aromatic rings. The van der Waals surface area contributed by atoms with E-state index in [4.69, 9.17) is 4.74 Å². The van der Waals surface area contributed by atoms with Crippen molar-refractivity contribution >= 4 is 21.6 Å². The van der Waals surface area contributed by atoms with Crippen molar-refractivity contribution in [3.8, 4) is 0 Å². The Morgan fingerprint density at radius 1 is 1.11 bits per heavy atom. The minimum atomic E-state index is -3.47. The van der Waals surface area contributed by atoms with Gasteiger partial charge in [0.15, 0.2) is 0 Å². The second kappa shape index (κ2) is 9.17. The van der Waals surface area contributed by atoms with Gasteiger partial charge >= 0.3 is 0 Å². The first-order chi connectivity index (χ1) is 12.9. The lowest BCUT2D eigenvalue weighted by Crippen LogP contribution is -2.39. The molecule has 1 saturated carbocycles. The first kappa shape index (κ1) is 20.3. The molecule has 1 aromatic carbocycles. The van der Waals surface area contributed by atoms with Crippen molar-refractivity contribution < 1.29 is 17.9 Å². The Balaban J connectivity index is 1.54. The maximum absolute atomic E-state index is 12.8. The fourth-order valence-electron chi connectivity index (χ4n) is 3.85. The van der Waals surface area contributed by atoms with Gasteiger partial charge in [0.2, 0.25) is 15.9 Å². The van der Waals surface area contributed by atoms with Crippen LogP contribution in [0.25, 0.3) is 0 Å². The third kappa shape index (κ3) is 5.53. The Morgan fingerprint density at radius 2 is 1.81 bits per heavy atom. The Labute approximate surface area is 162 Å². The summed E-state index contributed by atoms with van der Waals surface area (Å²) in [6, 6.07) is 6.40. The van der Waals surface area contributed by atoms with Gasteiger partial charge in [0.05, 0.1) is 11.0 Å². The Morgan fingerprint density at radius 3 is 2.48 bits per heavy atom. The number of nitrogens with zero attached hydrogens (tertiary/aromatic N) is 1. The van der Waals surface area contributed by atoms with Gasteiger partial charge in [-0.2, -0.15) is 4.31 Å². The van der Waals surface area contributed by atoms with E-state index in [-0.39, 0.29) is 23.5 Å². The summed E-state index contributed by atoms with van der Waals surface area (Å²) in [5, 5.41) is 2.77. The van der Waals surface area contributed by atoms with E-state index >= 15 is 0 Å². The first-order valence-corrected chi connectivity index (χ1v) is 11.4. The molecule has 0 aromatic heterocycles. The molecular weight excluding hydrogens is 364 g/mol. The van der Waals surface area contributed by atoms with Crippen LogP contribution in [-0.2, 0) is 19.6 Å². The number of carbonyl (C=O) groups excluding carboxylic acids is 1. The number of sulfonamides is 1. The average Bonchev–Trinajstić information content (AvgIpc) is 2.68. The number of ether oxygens (including phenoxy) is 1. The molecule has 0 spiro atoms. The van der Waals surface area contributed by atoms with Gasteiger partial charge in [0.1, 0.15) is 6.61 Å². The lowest BCUT2D eigenvalue weighted by Gasteiger charge is -2.30. The highest BCUT2D eigenvalue weighted by molar-refractivity contribution is 7.89. The van der Waals surface area contributed by atoms with E-state index in [9.17, 15) is 13.2 Å². The lowest BCUT2D eigenvalue weighted by atomic mass is 9.98. The predicted octanol–water partition coefficient (Wildman–Crippen LogP) is 3.40. The summed E-state index contributed by atoms with van der Waals surface area (Å²) in [4.78, 5) is 12.3. The van der Waals surface area contributed by atoms with Gasteiger partial charge in [-0.25, -0.2) is 8.42 Å². The second-order valence-electron chi connectivity index (χ2n) is 7.75. The van der Waals surface area contributed by atoms with E-state index in [0.29, 0.717) is 24.7 Å². The highest BCUT2D eigenvalue weighted by atomic mass is 32.2. The molecule has 1 atom stereocenters. The number of carbonyl (C=O) groups is 1.